The maximum Gasteiger partial charge on any atom is 0.322 e. The minimum atomic E-state index is -0.820. The number of piperazine rings is 1. The number of hydrogen-bond acceptors (Lipinski definition) is 4. The van der Waals surface area contributed by atoms with Crippen molar-refractivity contribution in [2.75, 3.05) is 32.7 Å². The molecule has 1 unspecified atom stereocenters. The predicted octanol–water partition coefficient (Wildman–Crippen LogP) is 1.79. The molecule has 1 heterocycles. The van der Waals surface area contributed by atoms with E-state index in [1.54, 1.807) is 0 Å². The lowest BCUT2D eigenvalue weighted by atomic mass is 10.1. The van der Waals surface area contributed by atoms with Crippen LogP contribution in [-0.4, -0.2) is 59.6 Å². The van der Waals surface area contributed by atoms with Gasteiger partial charge in [0.25, 0.3) is 0 Å². The Bertz CT molecular complexity index is 452. The maximum absolute atomic E-state index is 11.1. The van der Waals surface area contributed by atoms with Gasteiger partial charge in [0.05, 0.1) is 0 Å². The molecule has 8 heteroatoms. The second kappa shape index (κ2) is 11.9. The number of halogens is 3. The Morgan fingerprint density at radius 1 is 1.13 bits per heavy atom. The van der Waals surface area contributed by atoms with E-state index >= 15 is 0 Å². The van der Waals surface area contributed by atoms with Crippen LogP contribution in [0.5, 0.6) is 0 Å². The number of aliphatic carboxylic acids is 1. The molecule has 0 spiro atoms. The molecule has 1 saturated heterocycles. The number of nitrogens with two attached hydrogens (primary N) is 1. The Morgan fingerprint density at radius 2 is 1.65 bits per heavy atom. The largest absolute Gasteiger partial charge is 0.480 e. The van der Waals surface area contributed by atoms with Gasteiger partial charge in [0, 0.05) is 39.3 Å². The first-order valence-corrected chi connectivity index (χ1v) is 7.05. The third-order valence-electron chi connectivity index (χ3n) is 3.88. The third kappa shape index (κ3) is 7.25. The minimum Gasteiger partial charge on any atom is -0.480 e. The topological polar surface area (TPSA) is 69.8 Å². The van der Waals surface area contributed by atoms with Gasteiger partial charge in [-0.15, -0.1) is 37.2 Å². The normalized spacial score (nSPS) is 16.4. The molecule has 1 aromatic rings. The van der Waals surface area contributed by atoms with Crippen LogP contribution in [-0.2, 0) is 11.3 Å². The zero-order valence-electron chi connectivity index (χ0n) is 13.2. The summed E-state index contributed by atoms with van der Waals surface area (Å²) in [5.41, 5.74) is 8.11. The molecular weight excluding hydrogens is 361 g/mol. The van der Waals surface area contributed by atoms with E-state index in [2.05, 4.69) is 36.1 Å². The van der Waals surface area contributed by atoms with Crippen LogP contribution >= 0.6 is 37.2 Å². The van der Waals surface area contributed by atoms with Crippen LogP contribution in [0.3, 0.4) is 0 Å². The molecule has 134 valence electrons. The number of aryl methyl sites for hydroxylation is 1. The monoisotopic (exact) mass is 385 g/mol. The highest BCUT2D eigenvalue weighted by Crippen LogP contribution is 2.11. The van der Waals surface area contributed by atoms with Crippen LogP contribution in [0.1, 0.15) is 11.1 Å². The molecular formula is C15H26Cl3N3O2. The smallest absolute Gasteiger partial charge is 0.322 e. The van der Waals surface area contributed by atoms with E-state index in [9.17, 15) is 4.79 Å². The molecule has 23 heavy (non-hydrogen) atoms. The molecule has 2 rings (SSSR count). The standard InChI is InChI=1S/C15H23N3O2.3ClH/c1-12-2-4-13(5-3-12)11-17-6-8-18(9-7-17)14(10-16)15(19)20;;;/h2-5,14H,6-11,16H2,1H3,(H,19,20);3*1H. The van der Waals surface area contributed by atoms with E-state index in [-0.39, 0.29) is 43.8 Å². The van der Waals surface area contributed by atoms with Crippen molar-refractivity contribution in [2.24, 2.45) is 5.73 Å². The van der Waals surface area contributed by atoms with Crippen LogP contribution in [0.25, 0.3) is 0 Å². The van der Waals surface area contributed by atoms with Crippen molar-refractivity contribution < 1.29 is 9.90 Å². The van der Waals surface area contributed by atoms with Gasteiger partial charge in [0.15, 0.2) is 0 Å². The van der Waals surface area contributed by atoms with Crippen LogP contribution in [0, 0.1) is 6.92 Å². The van der Waals surface area contributed by atoms with Crippen LogP contribution in [0.4, 0.5) is 0 Å². The van der Waals surface area contributed by atoms with Crippen LogP contribution < -0.4 is 5.73 Å². The highest BCUT2D eigenvalue weighted by Gasteiger charge is 2.27. The number of carboxylic acid groups (broad SMARTS) is 1. The molecule has 0 amide bonds. The summed E-state index contributed by atoms with van der Waals surface area (Å²) in [6, 6.07) is 8.01. The van der Waals surface area contributed by atoms with Crippen molar-refractivity contribution in [1.29, 1.82) is 0 Å². The molecule has 1 aliphatic heterocycles. The lowest BCUT2D eigenvalue weighted by Crippen LogP contribution is -2.54. The van der Waals surface area contributed by atoms with E-state index in [0.29, 0.717) is 0 Å². The van der Waals surface area contributed by atoms with Gasteiger partial charge < -0.3 is 10.8 Å². The van der Waals surface area contributed by atoms with E-state index in [1.807, 2.05) is 4.90 Å². The van der Waals surface area contributed by atoms with Crippen molar-refractivity contribution in [1.82, 2.24) is 9.80 Å². The Hall–Kier alpha value is -0.560. The van der Waals surface area contributed by atoms with Gasteiger partial charge in [-0.1, -0.05) is 29.8 Å². The lowest BCUT2D eigenvalue weighted by molar-refractivity contribution is -0.143. The molecule has 0 saturated carbocycles. The SMILES string of the molecule is Cc1ccc(CN2CCN(C(CN)C(=O)O)CC2)cc1.Cl.Cl.Cl. The average Bonchev–Trinajstić information content (AvgIpc) is 2.44. The molecule has 0 radical (unpaired) electrons. The van der Waals surface area contributed by atoms with Crippen molar-refractivity contribution in [3.63, 3.8) is 0 Å². The number of benzene rings is 1. The molecule has 1 aliphatic rings. The molecule has 5 nitrogen and oxygen atoms in total. The Kier molecular flexibility index (Phi) is 12.8. The molecule has 0 aromatic heterocycles. The molecule has 1 fully saturated rings. The molecule has 0 aliphatic carbocycles. The first-order chi connectivity index (χ1) is 9.60. The summed E-state index contributed by atoms with van der Waals surface area (Å²) in [5, 5.41) is 9.12. The van der Waals surface area contributed by atoms with E-state index in [1.165, 1.54) is 11.1 Å². The summed E-state index contributed by atoms with van der Waals surface area (Å²) < 4.78 is 0. The first kappa shape index (κ1) is 24.7. The second-order valence-electron chi connectivity index (χ2n) is 5.39. The number of nitrogens with zero attached hydrogens (tertiary/aromatic N) is 2. The number of carbonyl (C=O) groups is 1. The van der Waals surface area contributed by atoms with Crippen molar-refractivity contribution in [3.8, 4) is 0 Å². The quantitative estimate of drug-likeness (QED) is 0.807. The average molecular weight is 387 g/mol. The summed E-state index contributed by atoms with van der Waals surface area (Å²) in [6.45, 7) is 6.48. The molecule has 3 N–H and O–H groups in total. The van der Waals surface area contributed by atoms with E-state index < -0.39 is 12.0 Å². The molecule has 0 bridgehead atoms. The van der Waals surface area contributed by atoms with E-state index in [4.69, 9.17) is 10.8 Å². The third-order valence-corrected chi connectivity index (χ3v) is 3.88. The van der Waals surface area contributed by atoms with Gasteiger partial charge >= 0.3 is 5.97 Å². The highest BCUT2D eigenvalue weighted by atomic mass is 35.5. The van der Waals surface area contributed by atoms with Gasteiger partial charge in [-0.25, -0.2) is 0 Å². The summed E-state index contributed by atoms with van der Waals surface area (Å²) in [6.07, 6.45) is 0. The predicted molar refractivity (Wildman–Crippen MR) is 100 cm³/mol. The van der Waals surface area contributed by atoms with Gasteiger partial charge in [0.1, 0.15) is 6.04 Å². The van der Waals surface area contributed by atoms with Crippen molar-refractivity contribution in [3.05, 3.63) is 35.4 Å². The summed E-state index contributed by atoms with van der Waals surface area (Å²) in [5.74, 6) is -0.820. The highest BCUT2D eigenvalue weighted by molar-refractivity contribution is 5.86. The van der Waals surface area contributed by atoms with Crippen molar-refractivity contribution in [2.45, 2.75) is 19.5 Å². The summed E-state index contributed by atoms with van der Waals surface area (Å²) in [4.78, 5) is 15.4. The number of rotatable bonds is 5. The Balaban J connectivity index is 0. The van der Waals surface area contributed by atoms with Crippen molar-refractivity contribution >= 4 is 43.2 Å². The number of carboxylic acids is 1. The lowest BCUT2D eigenvalue weighted by Gasteiger charge is -2.37. The zero-order valence-corrected chi connectivity index (χ0v) is 15.6. The first-order valence-electron chi connectivity index (χ1n) is 7.05. The van der Waals surface area contributed by atoms with E-state index in [0.717, 1.165) is 32.7 Å². The van der Waals surface area contributed by atoms with Gasteiger partial charge in [-0.3, -0.25) is 14.6 Å². The number of hydrogen-bond donors (Lipinski definition) is 2. The van der Waals surface area contributed by atoms with Gasteiger partial charge in [-0.2, -0.15) is 0 Å². The fraction of sp³-hybridized carbons (Fsp3) is 0.533. The van der Waals surface area contributed by atoms with Crippen LogP contribution in [0.2, 0.25) is 0 Å². The summed E-state index contributed by atoms with van der Waals surface area (Å²) in [7, 11) is 0. The second-order valence-corrected chi connectivity index (χ2v) is 5.39. The Labute approximate surface area is 156 Å². The fourth-order valence-electron chi connectivity index (χ4n) is 2.59. The Morgan fingerprint density at radius 3 is 2.09 bits per heavy atom. The van der Waals surface area contributed by atoms with Gasteiger partial charge in [0.2, 0.25) is 0 Å². The minimum absolute atomic E-state index is 0. The fourth-order valence-corrected chi connectivity index (χ4v) is 2.59. The van der Waals surface area contributed by atoms with Gasteiger partial charge in [-0.05, 0) is 12.5 Å². The summed E-state index contributed by atoms with van der Waals surface area (Å²) >= 11 is 0. The molecule has 1 aromatic carbocycles. The molecule has 1 atom stereocenters. The zero-order chi connectivity index (χ0) is 14.5. The maximum atomic E-state index is 11.1. The van der Waals surface area contributed by atoms with Crippen LogP contribution in [0.15, 0.2) is 24.3 Å².